The molecule has 19 heavy (non-hydrogen) atoms. The Balaban J connectivity index is 1.64. The largest absolute Gasteiger partial charge is 0.383 e. The molecule has 5 nitrogen and oxygen atoms in total. The topological polar surface area (TPSA) is 59.6 Å². The van der Waals surface area contributed by atoms with Gasteiger partial charge in [-0.05, 0) is 6.42 Å². The summed E-state index contributed by atoms with van der Waals surface area (Å²) in [5.74, 6) is 0.715. The maximum absolute atomic E-state index is 11.6. The number of methoxy groups -OCH3 is 1. The number of rotatable bonds is 7. The molecule has 2 rings (SSSR count). The van der Waals surface area contributed by atoms with Gasteiger partial charge in [0.15, 0.2) is 0 Å². The Kier molecular flexibility index (Phi) is 4.81. The minimum atomic E-state index is 0.0842. The van der Waals surface area contributed by atoms with Gasteiger partial charge in [-0.1, -0.05) is 13.8 Å². The summed E-state index contributed by atoms with van der Waals surface area (Å²) in [4.78, 5) is 11.6. The summed E-state index contributed by atoms with van der Waals surface area (Å²) in [6.07, 6.45) is 2.07. The van der Waals surface area contributed by atoms with Crippen LogP contribution in [0.3, 0.4) is 0 Å². The molecule has 0 aromatic heterocycles. The number of ether oxygens (including phenoxy) is 2. The normalized spacial score (nSPS) is 31.6. The third kappa shape index (κ3) is 3.09. The van der Waals surface area contributed by atoms with Crippen LogP contribution in [0.4, 0.5) is 0 Å². The highest BCUT2D eigenvalue weighted by atomic mass is 16.5. The Hall–Kier alpha value is -0.650. The Morgan fingerprint density at radius 1 is 1.42 bits per heavy atom. The van der Waals surface area contributed by atoms with Gasteiger partial charge in [0.2, 0.25) is 5.91 Å². The first kappa shape index (κ1) is 14.8. The van der Waals surface area contributed by atoms with Crippen molar-refractivity contribution in [3.8, 4) is 0 Å². The molecule has 3 unspecified atom stereocenters. The lowest BCUT2D eigenvalue weighted by atomic mass is 9.57. The zero-order valence-electron chi connectivity index (χ0n) is 12.2. The Morgan fingerprint density at radius 3 is 2.95 bits per heavy atom. The minimum absolute atomic E-state index is 0.0842. The number of amides is 1. The second kappa shape index (κ2) is 6.20. The summed E-state index contributed by atoms with van der Waals surface area (Å²) in [7, 11) is 1.63. The van der Waals surface area contributed by atoms with Gasteiger partial charge in [0, 0.05) is 50.6 Å². The summed E-state index contributed by atoms with van der Waals surface area (Å²) < 4.78 is 10.6. The second-order valence-electron chi connectivity index (χ2n) is 6.09. The van der Waals surface area contributed by atoms with E-state index >= 15 is 0 Å². The molecular formula is C14H26N2O3. The highest BCUT2D eigenvalue weighted by Crippen LogP contribution is 2.51. The van der Waals surface area contributed by atoms with Crippen LogP contribution in [0.25, 0.3) is 0 Å². The van der Waals surface area contributed by atoms with Gasteiger partial charge < -0.3 is 20.1 Å². The highest BCUT2D eigenvalue weighted by Gasteiger charge is 2.58. The van der Waals surface area contributed by atoms with E-state index in [1.54, 1.807) is 7.11 Å². The van der Waals surface area contributed by atoms with Gasteiger partial charge in [-0.2, -0.15) is 0 Å². The second-order valence-corrected chi connectivity index (χ2v) is 6.09. The number of carbonyl (C=O) groups is 1. The Labute approximate surface area is 115 Å². The van der Waals surface area contributed by atoms with Crippen LogP contribution in [0.15, 0.2) is 0 Å². The molecule has 3 atom stereocenters. The van der Waals surface area contributed by atoms with Crippen molar-refractivity contribution in [1.82, 2.24) is 10.6 Å². The molecule has 110 valence electrons. The standard InChI is InChI=1S/C14H26N2O3/c1-14(2)12(10-5-8-19-13(10)14)16-6-4-11(17)15-7-9-18-3/h10,12-13,16H,4-9H2,1-3H3,(H,15,17). The van der Waals surface area contributed by atoms with Crippen LogP contribution in [-0.4, -0.2) is 51.5 Å². The summed E-state index contributed by atoms with van der Waals surface area (Å²) in [6, 6.07) is 0.478. The van der Waals surface area contributed by atoms with Crippen LogP contribution in [0.1, 0.15) is 26.7 Å². The van der Waals surface area contributed by atoms with Crippen LogP contribution < -0.4 is 10.6 Å². The molecule has 5 heteroatoms. The molecule has 1 heterocycles. The molecule has 2 N–H and O–H groups in total. The SMILES string of the molecule is COCCNC(=O)CCNC1C2CCOC2C1(C)C. The maximum atomic E-state index is 11.6. The molecule has 2 fully saturated rings. The molecule has 1 aliphatic heterocycles. The van der Waals surface area contributed by atoms with Crippen LogP contribution >= 0.6 is 0 Å². The molecule has 0 radical (unpaired) electrons. The van der Waals surface area contributed by atoms with Crippen molar-refractivity contribution in [1.29, 1.82) is 0 Å². The van der Waals surface area contributed by atoms with Crippen molar-refractivity contribution in [3.05, 3.63) is 0 Å². The molecule has 1 amide bonds. The summed E-state index contributed by atoms with van der Waals surface area (Å²) >= 11 is 0. The summed E-state index contributed by atoms with van der Waals surface area (Å²) in [5.41, 5.74) is 0.188. The molecule has 0 spiro atoms. The van der Waals surface area contributed by atoms with Crippen LogP contribution in [0, 0.1) is 11.3 Å². The first-order valence-corrected chi connectivity index (χ1v) is 7.18. The lowest BCUT2D eigenvalue weighted by Gasteiger charge is -2.55. The van der Waals surface area contributed by atoms with E-state index in [-0.39, 0.29) is 11.3 Å². The van der Waals surface area contributed by atoms with Crippen LogP contribution in [0.2, 0.25) is 0 Å². The third-order valence-corrected chi connectivity index (χ3v) is 4.45. The monoisotopic (exact) mass is 270 g/mol. The molecule has 2 aliphatic rings. The maximum Gasteiger partial charge on any atom is 0.221 e. The lowest BCUT2D eigenvalue weighted by Crippen LogP contribution is -2.66. The Morgan fingerprint density at radius 2 is 2.21 bits per heavy atom. The first-order valence-electron chi connectivity index (χ1n) is 7.18. The number of fused-ring (bicyclic) bond motifs is 1. The van der Waals surface area contributed by atoms with Gasteiger partial charge in [0.1, 0.15) is 0 Å². The van der Waals surface area contributed by atoms with Crippen molar-refractivity contribution < 1.29 is 14.3 Å². The zero-order valence-corrected chi connectivity index (χ0v) is 12.2. The quantitative estimate of drug-likeness (QED) is 0.663. The molecule has 0 aromatic carbocycles. The van der Waals surface area contributed by atoms with Gasteiger partial charge in [0.25, 0.3) is 0 Å². The number of nitrogens with one attached hydrogen (secondary N) is 2. The van der Waals surface area contributed by atoms with Crippen molar-refractivity contribution in [2.75, 3.05) is 33.4 Å². The first-order chi connectivity index (χ1) is 9.07. The fourth-order valence-corrected chi connectivity index (χ4v) is 3.46. The average molecular weight is 270 g/mol. The van der Waals surface area contributed by atoms with E-state index in [2.05, 4.69) is 24.5 Å². The summed E-state index contributed by atoms with van der Waals surface area (Å²) in [6.45, 7) is 7.26. The van der Waals surface area contributed by atoms with E-state index in [9.17, 15) is 4.79 Å². The predicted octanol–water partition coefficient (Wildman–Crippen LogP) is 0.542. The van der Waals surface area contributed by atoms with Gasteiger partial charge >= 0.3 is 0 Å². The van der Waals surface area contributed by atoms with Gasteiger partial charge in [0.05, 0.1) is 12.7 Å². The van der Waals surface area contributed by atoms with E-state index in [0.717, 1.165) is 19.6 Å². The van der Waals surface area contributed by atoms with E-state index in [0.29, 0.717) is 37.6 Å². The highest BCUT2D eigenvalue weighted by molar-refractivity contribution is 5.76. The van der Waals surface area contributed by atoms with Crippen molar-refractivity contribution in [3.63, 3.8) is 0 Å². The van der Waals surface area contributed by atoms with Gasteiger partial charge in [-0.25, -0.2) is 0 Å². The minimum Gasteiger partial charge on any atom is -0.383 e. The van der Waals surface area contributed by atoms with Crippen molar-refractivity contribution in [2.24, 2.45) is 11.3 Å². The molecule has 1 saturated heterocycles. The van der Waals surface area contributed by atoms with E-state index < -0.39 is 0 Å². The number of hydrogen-bond donors (Lipinski definition) is 2. The lowest BCUT2D eigenvalue weighted by molar-refractivity contribution is -0.123. The Bertz CT molecular complexity index is 320. The molecule has 1 aliphatic carbocycles. The van der Waals surface area contributed by atoms with E-state index in [1.807, 2.05) is 0 Å². The fourth-order valence-electron chi connectivity index (χ4n) is 3.46. The number of hydrogen-bond acceptors (Lipinski definition) is 4. The smallest absolute Gasteiger partial charge is 0.221 e. The molecule has 0 bridgehead atoms. The van der Waals surface area contributed by atoms with Gasteiger partial charge in [-0.3, -0.25) is 4.79 Å². The van der Waals surface area contributed by atoms with Gasteiger partial charge in [-0.15, -0.1) is 0 Å². The fraction of sp³-hybridized carbons (Fsp3) is 0.929. The predicted molar refractivity (Wildman–Crippen MR) is 72.9 cm³/mol. The molecule has 0 aromatic rings. The van der Waals surface area contributed by atoms with Crippen LogP contribution in [0.5, 0.6) is 0 Å². The van der Waals surface area contributed by atoms with E-state index in [4.69, 9.17) is 9.47 Å². The number of carbonyl (C=O) groups excluding carboxylic acids is 1. The average Bonchev–Trinajstić information content (AvgIpc) is 2.81. The zero-order chi connectivity index (χ0) is 13.9. The third-order valence-electron chi connectivity index (χ3n) is 4.45. The molecular weight excluding hydrogens is 244 g/mol. The van der Waals surface area contributed by atoms with Crippen LogP contribution in [-0.2, 0) is 14.3 Å². The van der Waals surface area contributed by atoms with Crippen molar-refractivity contribution >= 4 is 5.91 Å². The molecule has 1 saturated carbocycles. The van der Waals surface area contributed by atoms with Crippen molar-refractivity contribution in [2.45, 2.75) is 38.8 Å². The van der Waals surface area contributed by atoms with E-state index in [1.165, 1.54) is 0 Å². The summed E-state index contributed by atoms with van der Waals surface area (Å²) in [5, 5.41) is 6.36.